The second kappa shape index (κ2) is 7.47. The number of hydrogen-bond donors (Lipinski definition) is 2. The van der Waals surface area contributed by atoms with Crippen molar-refractivity contribution in [2.45, 2.75) is 59.2 Å². The van der Waals surface area contributed by atoms with Crippen LogP contribution >= 0.6 is 0 Å². The lowest BCUT2D eigenvalue weighted by Gasteiger charge is -2.34. The molecule has 1 aromatic rings. The third kappa shape index (κ3) is 3.46. The molecule has 3 atom stereocenters. The van der Waals surface area contributed by atoms with E-state index in [9.17, 15) is 10.2 Å². The molecule has 0 radical (unpaired) electrons. The number of benzene rings is 1. The molecule has 2 heterocycles. The zero-order chi connectivity index (χ0) is 19.2. The van der Waals surface area contributed by atoms with Crippen LogP contribution in [0.25, 0.3) is 0 Å². The first-order valence-corrected chi connectivity index (χ1v) is 10.8. The molecule has 3 unspecified atom stereocenters. The van der Waals surface area contributed by atoms with Crippen molar-refractivity contribution in [2.24, 2.45) is 17.3 Å². The quantitative estimate of drug-likeness (QED) is 0.806. The number of aliphatic hydroxyl groups excluding tert-OH is 2. The summed E-state index contributed by atoms with van der Waals surface area (Å²) < 4.78 is 0. The first kappa shape index (κ1) is 19.4. The summed E-state index contributed by atoms with van der Waals surface area (Å²) in [5, 5.41) is 19.3. The average molecular weight is 373 g/mol. The molecule has 1 aromatic carbocycles. The van der Waals surface area contributed by atoms with Crippen LogP contribution in [0.15, 0.2) is 12.1 Å². The van der Waals surface area contributed by atoms with Gasteiger partial charge in [0, 0.05) is 37.6 Å². The summed E-state index contributed by atoms with van der Waals surface area (Å²) in [6.45, 7) is 12.5. The van der Waals surface area contributed by atoms with Gasteiger partial charge in [0.05, 0.1) is 13.2 Å². The molecular weight excluding hydrogens is 336 g/mol. The lowest BCUT2D eigenvalue weighted by molar-refractivity contribution is 0.0868. The van der Waals surface area contributed by atoms with Gasteiger partial charge in [0.15, 0.2) is 0 Å². The number of nitrogens with zero attached hydrogens (tertiary/aromatic N) is 2. The Bertz CT molecular complexity index is 671. The minimum atomic E-state index is -0.187. The maximum absolute atomic E-state index is 9.65. The Balaban J connectivity index is 1.44. The lowest BCUT2D eigenvalue weighted by Crippen LogP contribution is -2.37. The Morgan fingerprint density at radius 3 is 2.22 bits per heavy atom. The van der Waals surface area contributed by atoms with Gasteiger partial charge in [-0.1, -0.05) is 24.1 Å². The molecule has 4 heteroatoms. The molecule has 0 spiro atoms. The Morgan fingerprint density at radius 2 is 1.63 bits per heavy atom. The molecule has 2 N–H and O–H groups in total. The van der Waals surface area contributed by atoms with Crippen LogP contribution in [0.2, 0.25) is 0 Å². The smallest absolute Gasteiger partial charge is 0.0515 e. The molecule has 4 nitrogen and oxygen atoms in total. The van der Waals surface area contributed by atoms with Gasteiger partial charge in [-0.05, 0) is 68.7 Å². The topological polar surface area (TPSA) is 46.9 Å². The first-order chi connectivity index (χ1) is 13.0. The lowest BCUT2D eigenvalue weighted by atomic mass is 9.96. The van der Waals surface area contributed by atoms with Crippen molar-refractivity contribution in [3.63, 3.8) is 0 Å². The highest BCUT2D eigenvalue weighted by Gasteiger charge is 2.67. The van der Waals surface area contributed by atoms with Crippen LogP contribution in [0.3, 0.4) is 0 Å². The van der Waals surface area contributed by atoms with Gasteiger partial charge in [-0.25, -0.2) is 0 Å². The first-order valence-electron chi connectivity index (χ1n) is 10.8. The van der Waals surface area contributed by atoms with Crippen LogP contribution < -0.4 is 0 Å². The molecule has 3 aliphatic rings. The monoisotopic (exact) mass is 372 g/mol. The molecule has 1 saturated carbocycles. The molecule has 3 fully saturated rings. The molecule has 0 amide bonds. The second-order valence-electron chi connectivity index (χ2n) is 9.48. The van der Waals surface area contributed by atoms with E-state index in [1.54, 1.807) is 0 Å². The fourth-order valence-corrected chi connectivity index (χ4v) is 5.76. The van der Waals surface area contributed by atoms with Gasteiger partial charge in [-0.3, -0.25) is 9.80 Å². The molecule has 27 heavy (non-hydrogen) atoms. The predicted octanol–water partition coefficient (Wildman–Crippen LogP) is 2.71. The number of rotatable bonds is 6. The second-order valence-corrected chi connectivity index (χ2v) is 9.48. The third-order valence-corrected chi connectivity index (χ3v) is 7.83. The number of fused-ring (bicyclic) bond motifs is 1. The van der Waals surface area contributed by atoms with Crippen LogP contribution in [0, 0.1) is 31.1 Å². The molecular formula is C23H36N2O2. The molecule has 2 saturated heterocycles. The number of hydrogen-bond acceptors (Lipinski definition) is 4. The highest BCUT2D eigenvalue weighted by molar-refractivity contribution is 5.38. The summed E-state index contributed by atoms with van der Waals surface area (Å²) in [5.41, 5.74) is 5.57. The minimum Gasteiger partial charge on any atom is -0.396 e. The highest BCUT2D eigenvalue weighted by Crippen LogP contribution is 2.62. The Labute approximate surface area is 164 Å². The van der Waals surface area contributed by atoms with E-state index in [2.05, 4.69) is 42.7 Å². The number of piperidine rings is 2. The van der Waals surface area contributed by atoms with Crippen molar-refractivity contribution in [3.8, 4) is 0 Å². The van der Waals surface area contributed by atoms with Gasteiger partial charge >= 0.3 is 0 Å². The van der Waals surface area contributed by atoms with Crippen molar-refractivity contribution in [1.82, 2.24) is 9.80 Å². The van der Waals surface area contributed by atoms with E-state index >= 15 is 0 Å². The van der Waals surface area contributed by atoms with Gasteiger partial charge in [-0.2, -0.15) is 0 Å². The Kier molecular flexibility index (Phi) is 5.36. The van der Waals surface area contributed by atoms with E-state index < -0.39 is 0 Å². The molecule has 4 rings (SSSR count). The van der Waals surface area contributed by atoms with E-state index in [-0.39, 0.29) is 18.6 Å². The van der Waals surface area contributed by atoms with Crippen molar-refractivity contribution in [1.29, 1.82) is 0 Å². The van der Waals surface area contributed by atoms with Crippen molar-refractivity contribution in [2.75, 3.05) is 32.8 Å². The normalized spacial score (nSPS) is 30.5. The molecule has 2 aliphatic heterocycles. The van der Waals surface area contributed by atoms with Gasteiger partial charge < -0.3 is 10.2 Å². The van der Waals surface area contributed by atoms with E-state index in [1.165, 1.54) is 48.1 Å². The van der Waals surface area contributed by atoms with Gasteiger partial charge in [-0.15, -0.1) is 0 Å². The van der Waals surface area contributed by atoms with E-state index in [4.69, 9.17) is 0 Å². The highest BCUT2D eigenvalue weighted by atomic mass is 16.3. The summed E-state index contributed by atoms with van der Waals surface area (Å²) in [7, 11) is 0. The maximum Gasteiger partial charge on any atom is 0.0515 e. The molecule has 150 valence electrons. The fourth-order valence-electron chi connectivity index (χ4n) is 5.76. The van der Waals surface area contributed by atoms with Crippen LogP contribution in [0.4, 0.5) is 0 Å². The fraction of sp³-hybridized carbons (Fsp3) is 0.739. The summed E-state index contributed by atoms with van der Waals surface area (Å²) in [4.78, 5) is 5.17. The zero-order valence-corrected chi connectivity index (χ0v) is 17.2. The van der Waals surface area contributed by atoms with E-state index in [1.807, 2.05) is 0 Å². The van der Waals surface area contributed by atoms with Gasteiger partial charge in [0.25, 0.3) is 0 Å². The van der Waals surface area contributed by atoms with Crippen LogP contribution in [0.5, 0.6) is 0 Å². The van der Waals surface area contributed by atoms with Crippen molar-refractivity contribution in [3.05, 3.63) is 34.4 Å². The summed E-state index contributed by atoms with van der Waals surface area (Å²) in [5.74, 6) is 0.956. The molecule has 1 aliphatic carbocycles. The van der Waals surface area contributed by atoms with Crippen LogP contribution in [0.1, 0.15) is 48.4 Å². The standard InChI is InChI=1S/C23H36N2O2/c1-16-8-19(10-24-12-21-22(13-24)23(21,14-26)15-27)18(3)20(9-16)11-25-7-5-4-6-17(25)2/h8-9,17,21-22,26-27H,4-7,10-15H2,1-3H3. The number of aliphatic hydroxyl groups is 2. The molecule has 0 bridgehead atoms. The van der Waals surface area contributed by atoms with Crippen molar-refractivity contribution < 1.29 is 10.2 Å². The molecule has 0 aromatic heterocycles. The van der Waals surface area contributed by atoms with E-state index in [0.29, 0.717) is 17.9 Å². The zero-order valence-electron chi connectivity index (χ0n) is 17.2. The van der Waals surface area contributed by atoms with Crippen molar-refractivity contribution >= 4 is 0 Å². The average Bonchev–Trinajstić information content (AvgIpc) is 3.02. The summed E-state index contributed by atoms with van der Waals surface area (Å²) >= 11 is 0. The Hall–Kier alpha value is -0.940. The minimum absolute atomic E-state index is 0.133. The summed E-state index contributed by atoms with van der Waals surface area (Å²) in [6.07, 6.45) is 4.03. The Morgan fingerprint density at radius 1 is 1.00 bits per heavy atom. The van der Waals surface area contributed by atoms with Crippen LogP contribution in [-0.2, 0) is 13.1 Å². The number of likely N-dealkylation sites (tertiary alicyclic amines) is 2. The van der Waals surface area contributed by atoms with Gasteiger partial charge in [0.2, 0.25) is 0 Å². The van der Waals surface area contributed by atoms with Gasteiger partial charge in [0.1, 0.15) is 0 Å². The van der Waals surface area contributed by atoms with Crippen LogP contribution in [-0.4, -0.2) is 58.9 Å². The van der Waals surface area contributed by atoms with E-state index in [0.717, 1.165) is 26.2 Å². The largest absolute Gasteiger partial charge is 0.396 e. The summed E-state index contributed by atoms with van der Waals surface area (Å²) in [6, 6.07) is 5.43. The maximum atomic E-state index is 9.65. The third-order valence-electron chi connectivity index (χ3n) is 7.83. The SMILES string of the molecule is Cc1cc(CN2CC3C(C2)C3(CO)CO)c(C)c(CN2CCCCC2C)c1. The number of aryl methyl sites for hydroxylation is 1. The predicted molar refractivity (Wildman–Crippen MR) is 109 cm³/mol.